The highest BCUT2D eigenvalue weighted by atomic mass is 35.5. The highest BCUT2D eigenvalue weighted by molar-refractivity contribution is 7.90. The molecule has 0 fully saturated rings. The minimum Gasteiger partial charge on any atom is -0.477 e. The van der Waals surface area contributed by atoms with Gasteiger partial charge in [-0.1, -0.05) is 29.8 Å². The Morgan fingerprint density at radius 2 is 1.67 bits per heavy atom. The van der Waals surface area contributed by atoms with Gasteiger partial charge in [-0.2, -0.15) is 0 Å². The van der Waals surface area contributed by atoms with Crippen molar-refractivity contribution in [2.24, 2.45) is 0 Å². The van der Waals surface area contributed by atoms with Crippen LogP contribution in [0.2, 0.25) is 5.02 Å². The molecule has 2 aromatic carbocycles. The first-order valence-electron chi connectivity index (χ1n) is 9.55. The minimum absolute atomic E-state index is 0.105. The van der Waals surface area contributed by atoms with Crippen LogP contribution in [-0.2, 0) is 16.4 Å². The molecule has 0 aliphatic carbocycles. The highest BCUT2D eigenvalue weighted by Gasteiger charge is 2.20. The van der Waals surface area contributed by atoms with E-state index in [0.717, 1.165) is 30.0 Å². The van der Waals surface area contributed by atoms with Gasteiger partial charge in [0.15, 0.2) is 0 Å². The normalized spacial score (nSPS) is 10.9. The van der Waals surface area contributed by atoms with Crippen LogP contribution in [0.3, 0.4) is 0 Å². The van der Waals surface area contributed by atoms with Gasteiger partial charge in [0.05, 0.1) is 10.5 Å². The van der Waals surface area contributed by atoms with E-state index >= 15 is 0 Å². The van der Waals surface area contributed by atoms with Crippen LogP contribution in [0, 0.1) is 0 Å². The summed E-state index contributed by atoms with van der Waals surface area (Å²) in [7, 11) is -4.29. The Morgan fingerprint density at radius 1 is 0.939 bits per heavy atom. The smallest absolute Gasteiger partial charge is 0.354 e. The van der Waals surface area contributed by atoms with Crippen molar-refractivity contribution in [3.05, 3.63) is 94.3 Å². The van der Waals surface area contributed by atoms with Gasteiger partial charge in [0, 0.05) is 23.3 Å². The van der Waals surface area contributed by atoms with Crippen LogP contribution in [0.1, 0.15) is 36.8 Å². The number of nitrogens with one attached hydrogen (secondary N) is 2. The molecule has 11 heteroatoms. The maximum absolute atomic E-state index is 12.6. The summed E-state index contributed by atoms with van der Waals surface area (Å²) in [6.45, 7) is 0.327. The standard InChI is InChI=1S/C22H18ClN3O6S/c23-17-7-4-14(5-8-17)10-11-24-20(27)15-2-1-3-18(12-15)33(31,32)26-21(28)16-6-9-19(22(29)30)25-13-16/h1-9,12-13H,10-11H2,(H,24,27)(H,26,28)(H,29,30). The predicted molar refractivity (Wildman–Crippen MR) is 120 cm³/mol. The second kappa shape index (κ2) is 10.2. The van der Waals surface area contributed by atoms with Crippen LogP contribution in [0.5, 0.6) is 0 Å². The molecule has 0 bridgehead atoms. The first kappa shape index (κ1) is 23.9. The maximum Gasteiger partial charge on any atom is 0.354 e. The lowest BCUT2D eigenvalue weighted by Gasteiger charge is -2.09. The van der Waals surface area contributed by atoms with Gasteiger partial charge in [-0.15, -0.1) is 0 Å². The van der Waals surface area contributed by atoms with Gasteiger partial charge < -0.3 is 10.4 Å². The molecule has 1 aromatic heterocycles. The third-order valence-electron chi connectivity index (χ3n) is 4.49. The molecule has 0 aliphatic rings. The molecule has 9 nitrogen and oxygen atoms in total. The molecule has 2 amide bonds. The number of amides is 2. The average molecular weight is 488 g/mol. The number of sulfonamides is 1. The maximum atomic E-state index is 12.6. The lowest BCUT2D eigenvalue weighted by atomic mass is 10.1. The molecule has 3 aromatic rings. The van der Waals surface area contributed by atoms with Crippen molar-refractivity contribution < 1.29 is 27.9 Å². The van der Waals surface area contributed by atoms with Crippen molar-refractivity contribution in [2.75, 3.05) is 6.54 Å². The fraction of sp³-hybridized carbons (Fsp3) is 0.0909. The molecule has 0 atom stereocenters. The van der Waals surface area contributed by atoms with Crippen LogP contribution < -0.4 is 10.0 Å². The molecule has 3 rings (SSSR count). The van der Waals surface area contributed by atoms with E-state index in [9.17, 15) is 22.8 Å². The third kappa shape index (κ3) is 6.37. The molecule has 33 heavy (non-hydrogen) atoms. The van der Waals surface area contributed by atoms with Gasteiger partial charge in [-0.3, -0.25) is 9.59 Å². The summed E-state index contributed by atoms with van der Waals surface area (Å²) in [6.07, 6.45) is 1.52. The van der Waals surface area contributed by atoms with E-state index in [1.165, 1.54) is 18.2 Å². The Kier molecular flexibility index (Phi) is 7.41. The van der Waals surface area contributed by atoms with E-state index in [1.54, 1.807) is 12.1 Å². The zero-order valence-corrected chi connectivity index (χ0v) is 18.6. The number of hydrogen-bond acceptors (Lipinski definition) is 6. The van der Waals surface area contributed by atoms with Crippen molar-refractivity contribution in [2.45, 2.75) is 11.3 Å². The molecule has 170 valence electrons. The van der Waals surface area contributed by atoms with Crippen molar-refractivity contribution >= 4 is 39.4 Å². The number of carboxylic acid groups (broad SMARTS) is 1. The number of hydrogen-bond donors (Lipinski definition) is 3. The second-order valence-corrected chi connectivity index (χ2v) is 8.95. The Hall–Kier alpha value is -3.76. The van der Waals surface area contributed by atoms with Gasteiger partial charge in [0.1, 0.15) is 5.69 Å². The Labute approximate surface area is 194 Å². The summed E-state index contributed by atoms with van der Waals surface area (Å²) in [5.74, 6) is -2.74. The Morgan fingerprint density at radius 3 is 2.30 bits per heavy atom. The number of halogens is 1. The molecule has 0 unspecified atom stereocenters. The summed E-state index contributed by atoms with van der Waals surface area (Å²) < 4.78 is 27.1. The molecule has 1 heterocycles. The van der Waals surface area contributed by atoms with Crippen LogP contribution in [0.4, 0.5) is 0 Å². The van der Waals surface area contributed by atoms with Crippen molar-refractivity contribution in [1.82, 2.24) is 15.0 Å². The SMILES string of the molecule is O=C(NCCc1ccc(Cl)cc1)c1cccc(S(=O)(=O)NC(=O)c2ccc(C(=O)O)nc2)c1. The zero-order chi connectivity index (χ0) is 24.0. The Bertz CT molecular complexity index is 1290. The van der Waals surface area contributed by atoms with Gasteiger partial charge in [-0.25, -0.2) is 22.9 Å². The number of carbonyl (C=O) groups is 3. The number of benzene rings is 2. The van der Waals surface area contributed by atoms with Crippen molar-refractivity contribution in [3.63, 3.8) is 0 Å². The lowest BCUT2D eigenvalue weighted by Crippen LogP contribution is -2.31. The molecule has 0 saturated heterocycles. The van der Waals surface area contributed by atoms with E-state index in [1.807, 2.05) is 16.9 Å². The predicted octanol–water partition coefficient (Wildman–Crippen LogP) is 2.52. The molecule has 0 saturated carbocycles. The van der Waals surface area contributed by atoms with Crippen LogP contribution in [0.25, 0.3) is 0 Å². The van der Waals surface area contributed by atoms with Gasteiger partial charge >= 0.3 is 5.97 Å². The van der Waals surface area contributed by atoms with Gasteiger partial charge in [-0.05, 0) is 54.4 Å². The quantitative estimate of drug-likeness (QED) is 0.443. The van der Waals surface area contributed by atoms with E-state index in [-0.39, 0.29) is 21.7 Å². The highest BCUT2D eigenvalue weighted by Crippen LogP contribution is 2.13. The van der Waals surface area contributed by atoms with Crippen molar-refractivity contribution in [1.29, 1.82) is 0 Å². The number of aromatic nitrogens is 1. The Balaban J connectivity index is 1.65. The summed E-state index contributed by atoms with van der Waals surface area (Å²) in [5, 5.41) is 12.2. The first-order valence-corrected chi connectivity index (χ1v) is 11.4. The number of carbonyl (C=O) groups excluding carboxylic acids is 2. The van der Waals surface area contributed by atoms with E-state index < -0.39 is 27.8 Å². The first-order chi connectivity index (χ1) is 15.7. The zero-order valence-electron chi connectivity index (χ0n) is 17.0. The molecular weight excluding hydrogens is 470 g/mol. The minimum atomic E-state index is -4.29. The molecule has 3 N–H and O–H groups in total. The van der Waals surface area contributed by atoms with Gasteiger partial charge in [0.25, 0.3) is 21.8 Å². The van der Waals surface area contributed by atoms with Crippen LogP contribution in [-0.4, -0.2) is 42.8 Å². The topological polar surface area (TPSA) is 143 Å². The fourth-order valence-electron chi connectivity index (χ4n) is 2.77. The van der Waals surface area contributed by atoms with Crippen LogP contribution in [0.15, 0.2) is 71.8 Å². The van der Waals surface area contributed by atoms with Gasteiger partial charge in [0.2, 0.25) is 0 Å². The number of rotatable bonds is 8. The van der Waals surface area contributed by atoms with Crippen molar-refractivity contribution in [3.8, 4) is 0 Å². The largest absolute Gasteiger partial charge is 0.477 e. The number of aromatic carboxylic acids is 1. The lowest BCUT2D eigenvalue weighted by molar-refractivity contribution is 0.0689. The summed E-state index contributed by atoms with van der Waals surface area (Å²) in [4.78, 5) is 38.8. The summed E-state index contributed by atoms with van der Waals surface area (Å²) in [6, 6.07) is 14.6. The molecule has 0 radical (unpaired) electrons. The second-order valence-electron chi connectivity index (χ2n) is 6.83. The monoisotopic (exact) mass is 487 g/mol. The number of nitrogens with zero attached hydrogens (tertiary/aromatic N) is 1. The summed E-state index contributed by atoms with van der Waals surface area (Å²) >= 11 is 5.84. The van der Waals surface area contributed by atoms with E-state index in [2.05, 4.69) is 10.3 Å². The van der Waals surface area contributed by atoms with Crippen LogP contribution >= 0.6 is 11.6 Å². The number of pyridine rings is 1. The molecular formula is C22H18ClN3O6S. The summed E-state index contributed by atoms with van der Waals surface area (Å²) in [5.41, 5.74) is 0.655. The van der Waals surface area contributed by atoms with E-state index in [4.69, 9.17) is 16.7 Å². The molecule has 0 aliphatic heterocycles. The third-order valence-corrected chi connectivity index (χ3v) is 6.07. The molecule has 0 spiro atoms. The van der Waals surface area contributed by atoms with E-state index in [0.29, 0.717) is 18.0 Å². The number of carboxylic acids is 1. The average Bonchev–Trinajstić information content (AvgIpc) is 2.80. The fourth-order valence-corrected chi connectivity index (χ4v) is 3.92.